The van der Waals surface area contributed by atoms with Crippen molar-refractivity contribution < 1.29 is 8.78 Å². The van der Waals surface area contributed by atoms with Crippen LogP contribution >= 0.6 is 0 Å². The summed E-state index contributed by atoms with van der Waals surface area (Å²) in [5, 5.41) is 11.1. The van der Waals surface area contributed by atoms with Crippen molar-refractivity contribution >= 4 is 10.8 Å². The van der Waals surface area contributed by atoms with E-state index in [1.54, 1.807) is 6.07 Å². The third-order valence-corrected chi connectivity index (χ3v) is 6.75. The van der Waals surface area contributed by atoms with E-state index >= 15 is 4.39 Å². The van der Waals surface area contributed by atoms with E-state index < -0.39 is 12.0 Å². The first-order valence-corrected chi connectivity index (χ1v) is 11.5. The summed E-state index contributed by atoms with van der Waals surface area (Å²) >= 11 is 0. The molecule has 1 aliphatic carbocycles. The molecule has 1 nitrogen and oxygen atoms in total. The quantitative estimate of drug-likeness (QED) is 0.354. The topological polar surface area (TPSA) is 23.8 Å². The number of nitrogens with zero attached hydrogens (tertiary/aromatic N) is 1. The number of unbranched alkanes of at least 4 members (excludes halogenated alkanes) is 4. The van der Waals surface area contributed by atoms with Crippen molar-refractivity contribution in [1.29, 1.82) is 5.26 Å². The van der Waals surface area contributed by atoms with Crippen molar-refractivity contribution in [2.45, 2.75) is 64.5 Å². The number of alkyl halides is 1. The molecule has 3 aromatic carbocycles. The van der Waals surface area contributed by atoms with Crippen LogP contribution in [0.25, 0.3) is 21.9 Å². The van der Waals surface area contributed by atoms with Gasteiger partial charge in [0, 0.05) is 0 Å². The van der Waals surface area contributed by atoms with Gasteiger partial charge in [-0.05, 0) is 76.4 Å². The van der Waals surface area contributed by atoms with Gasteiger partial charge >= 0.3 is 0 Å². The van der Waals surface area contributed by atoms with Gasteiger partial charge in [-0.25, -0.2) is 8.78 Å². The Bertz CT molecular complexity index is 1110. The second-order valence-electron chi connectivity index (χ2n) is 8.78. The standard InChI is InChI=1S/C28H29F2N/c1-2-3-4-5-6-7-19-10-14-25-24-13-11-20(16-22(24)12-15-26(25)28(19)30)21-8-9-23(18-31)27(29)17-21/h8-9,11-13,15-17,19,28H,2-7,10,14H2,1H3/t19-,28+/m0/s1. The van der Waals surface area contributed by atoms with Gasteiger partial charge in [0.1, 0.15) is 18.1 Å². The molecule has 0 saturated heterocycles. The Balaban J connectivity index is 1.56. The Morgan fingerprint density at radius 2 is 1.74 bits per heavy atom. The van der Waals surface area contributed by atoms with Crippen LogP contribution in [0.1, 0.15) is 74.7 Å². The predicted molar refractivity (Wildman–Crippen MR) is 123 cm³/mol. The third-order valence-electron chi connectivity index (χ3n) is 6.75. The summed E-state index contributed by atoms with van der Waals surface area (Å²) in [6, 6.07) is 16.5. The third kappa shape index (κ3) is 4.49. The highest BCUT2D eigenvalue weighted by atomic mass is 19.1. The van der Waals surface area contributed by atoms with E-state index in [-0.39, 0.29) is 11.5 Å². The van der Waals surface area contributed by atoms with Gasteiger partial charge in [-0.2, -0.15) is 5.26 Å². The van der Waals surface area contributed by atoms with Crippen molar-refractivity contribution in [3.63, 3.8) is 0 Å². The van der Waals surface area contributed by atoms with Crippen LogP contribution in [0, 0.1) is 23.1 Å². The second kappa shape index (κ2) is 9.60. The molecule has 0 amide bonds. The molecular weight excluding hydrogens is 388 g/mol. The van der Waals surface area contributed by atoms with E-state index in [9.17, 15) is 4.39 Å². The fourth-order valence-corrected chi connectivity index (χ4v) is 4.94. The smallest absolute Gasteiger partial charge is 0.141 e. The molecule has 0 aromatic heterocycles. The minimum atomic E-state index is -0.883. The molecule has 160 valence electrons. The first-order chi connectivity index (χ1) is 15.1. The Morgan fingerprint density at radius 3 is 2.52 bits per heavy atom. The van der Waals surface area contributed by atoms with Crippen LogP contribution < -0.4 is 0 Å². The number of halogens is 2. The van der Waals surface area contributed by atoms with Gasteiger partial charge < -0.3 is 0 Å². The van der Waals surface area contributed by atoms with Gasteiger partial charge in [-0.1, -0.05) is 69.4 Å². The molecule has 0 saturated carbocycles. The summed E-state index contributed by atoms with van der Waals surface area (Å²) in [5.41, 5.74) is 3.67. The lowest BCUT2D eigenvalue weighted by Gasteiger charge is -2.29. The summed E-state index contributed by atoms with van der Waals surface area (Å²) < 4.78 is 29.4. The summed E-state index contributed by atoms with van der Waals surface area (Å²) in [4.78, 5) is 0. The first-order valence-electron chi connectivity index (χ1n) is 11.5. The molecule has 0 N–H and O–H groups in total. The minimum absolute atomic E-state index is 0.0486. The summed E-state index contributed by atoms with van der Waals surface area (Å²) in [6.45, 7) is 2.21. The SMILES string of the molecule is CCCCCCC[C@H]1CCc2c(ccc3cc(-c4ccc(C#N)c(F)c4)ccc23)[C@@H]1F. The monoisotopic (exact) mass is 417 g/mol. The number of aryl methyl sites for hydroxylation is 1. The Labute approximate surface area is 183 Å². The number of fused-ring (bicyclic) bond motifs is 3. The lowest BCUT2D eigenvalue weighted by molar-refractivity contribution is 0.192. The largest absolute Gasteiger partial charge is 0.242 e. The van der Waals surface area contributed by atoms with Crippen LogP contribution in [0.4, 0.5) is 8.78 Å². The molecule has 0 aliphatic heterocycles. The molecule has 3 heteroatoms. The van der Waals surface area contributed by atoms with Crippen LogP contribution in [-0.2, 0) is 6.42 Å². The van der Waals surface area contributed by atoms with E-state index in [1.807, 2.05) is 36.4 Å². The molecule has 0 spiro atoms. The van der Waals surface area contributed by atoms with Crippen molar-refractivity contribution in [2.24, 2.45) is 5.92 Å². The maximum Gasteiger partial charge on any atom is 0.141 e. The van der Waals surface area contributed by atoms with Gasteiger partial charge in [0.2, 0.25) is 0 Å². The lowest BCUT2D eigenvalue weighted by Crippen LogP contribution is -2.18. The number of hydrogen-bond acceptors (Lipinski definition) is 1. The zero-order valence-corrected chi connectivity index (χ0v) is 18.1. The molecule has 0 bridgehead atoms. The van der Waals surface area contributed by atoms with E-state index in [1.165, 1.54) is 37.8 Å². The zero-order valence-electron chi connectivity index (χ0n) is 18.1. The Hall–Kier alpha value is -2.73. The van der Waals surface area contributed by atoms with Crippen molar-refractivity contribution in [3.05, 3.63) is 71.0 Å². The Kier molecular flexibility index (Phi) is 6.66. The number of nitriles is 1. The van der Waals surface area contributed by atoms with Crippen LogP contribution in [0.15, 0.2) is 48.5 Å². The molecule has 0 fully saturated rings. The molecular formula is C28H29F2N. The van der Waals surface area contributed by atoms with Crippen molar-refractivity contribution in [2.75, 3.05) is 0 Å². The van der Waals surface area contributed by atoms with E-state index in [0.29, 0.717) is 0 Å². The van der Waals surface area contributed by atoms with E-state index in [2.05, 4.69) is 6.92 Å². The molecule has 0 heterocycles. The lowest BCUT2D eigenvalue weighted by atomic mass is 9.78. The predicted octanol–water partition coefficient (Wildman–Crippen LogP) is 8.45. The van der Waals surface area contributed by atoms with Gasteiger partial charge in [-0.15, -0.1) is 0 Å². The van der Waals surface area contributed by atoms with Gasteiger partial charge in [0.05, 0.1) is 5.56 Å². The molecule has 3 aromatic rings. The van der Waals surface area contributed by atoms with Crippen LogP contribution in [-0.4, -0.2) is 0 Å². The maximum absolute atomic E-state index is 15.3. The van der Waals surface area contributed by atoms with Crippen molar-refractivity contribution in [3.8, 4) is 17.2 Å². The number of rotatable bonds is 7. The molecule has 1 aliphatic rings. The minimum Gasteiger partial charge on any atom is -0.242 e. The molecule has 0 radical (unpaired) electrons. The molecule has 4 rings (SSSR count). The Morgan fingerprint density at radius 1 is 0.968 bits per heavy atom. The highest BCUT2D eigenvalue weighted by Crippen LogP contribution is 2.43. The average molecular weight is 418 g/mol. The fourth-order valence-electron chi connectivity index (χ4n) is 4.94. The second-order valence-corrected chi connectivity index (χ2v) is 8.78. The van der Waals surface area contributed by atoms with E-state index in [4.69, 9.17) is 5.26 Å². The highest BCUT2D eigenvalue weighted by molar-refractivity contribution is 5.91. The number of hydrogen-bond donors (Lipinski definition) is 0. The average Bonchev–Trinajstić information content (AvgIpc) is 2.79. The molecule has 2 atom stereocenters. The summed E-state index contributed by atoms with van der Waals surface area (Å²) in [5.74, 6) is -0.376. The van der Waals surface area contributed by atoms with Crippen LogP contribution in [0.3, 0.4) is 0 Å². The highest BCUT2D eigenvalue weighted by Gasteiger charge is 2.30. The maximum atomic E-state index is 15.3. The van der Waals surface area contributed by atoms with Crippen molar-refractivity contribution in [1.82, 2.24) is 0 Å². The first kappa shape index (κ1) is 21.5. The normalized spacial score (nSPS) is 18.0. The van der Waals surface area contributed by atoms with Crippen LogP contribution in [0.5, 0.6) is 0 Å². The summed E-state index contributed by atoms with van der Waals surface area (Å²) in [7, 11) is 0. The number of benzene rings is 3. The van der Waals surface area contributed by atoms with Gasteiger partial charge in [0.15, 0.2) is 0 Å². The zero-order chi connectivity index (χ0) is 21.8. The fraction of sp³-hybridized carbons (Fsp3) is 0.393. The van der Waals surface area contributed by atoms with Crippen LogP contribution in [0.2, 0.25) is 0 Å². The van der Waals surface area contributed by atoms with Gasteiger partial charge in [0.25, 0.3) is 0 Å². The van der Waals surface area contributed by atoms with E-state index in [0.717, 1.165) is 58.7 Å². The molecule has 0 unspecified atom stereocenters. The summed E-state index contributed by atoms with van der Waals surface area (Å²) in [6.07, 6.45) is 8.01. The van der Waals surface area contributed by atoms with Gasteiger partial charge in [-0.3, -0.25) is 0 Å². The molecule has 31 heavy (non-hydrogen) atoms.